The summed E-state index contributed by atoms with van der Waals surface area (Å²) in [6.45, 7) is 3.23. The minimum Gasteiger partial charge on any atom is -0.469 e. The number of esters is 1. The molecular weight excluding hydrogens is 270 g/mol. The van der Waals surface area contributed by atoms with Crippen LogP contribution in [0, 0.1) is 5.92 Å². The van der Waals surface area contributed by atoms with Crippen molar-refractivity contribution in [3.8, 4) is 0 Å². The fraction of sp³-hybridized carbons (Fsp3) is 0.667. The largest absolute Gasteiger partial charge is 0.469 e. The van der Waals surface area contributed by atoms with Crippen molar-refractivity contribution in [3.05, 3.63) is 18.1 Å². The Kier molecular flexibility index (Phi) is 4.34. The van der Waals surface area contributed by atoms with Crippen LogP contribution < -0.4 is 4.90 Å². The Bertz CT molecular complexity index is 495. The summed E-state index contributed by atoms with van der Waals surface area (Å²) in [5.74, 6) is 1.27. The molecule has 0 aliphatic carbocycles. The van der Waals surface area contributed by atoms with E-state index in [0.29, 0.717) is 5.92 Å². The van der Waals surface area contributed by atoms with Gasteiger partial charge in [0.15, 0.2) is 0 Å². The van der Waals surface area contributed by atoms with E-state index < -0.39 is 0 Å². The topological polar surface area (TPSA) is 64.5 Å². The number of carbonyl (C=O) groups is 1. The first-order valence-corrected chi connectivity index (χ1v) is 7.50. The van der Waals surface area contributed by atoms with Crippen LogP contribution in [0.5, 0.6) is 0 Å². The summed E-state index contributed by atoms with van der Waals surface area (Å²) < 4.78 is 10.2. The van der Waals surface area contributed by atoms with E-state index in [-0.39, 0.29) is 11.9 Å². The number of methoxy groups -OCH3 is 1. The van der Waals surface area contributed by atoms with Crippen LogP contribution >= 0.6 is 0 Å². The number of hydrogen-bond donors (Lipinski definition) is 0. The molecule has 6 heteroatoms. The third-order valence-corrected chi connectivity index (χ3v) is 4.38. The molecule has 6 nitrogen and oxygen atoms in total. The summed E-state index contributed by atoms with van der Waals surface area (Å²) in [6.07, 6.45) is 4.30. The van der Waals surface area contributed by atoms with Crippen LogP contribution in [0.25, 0.3) is 0 Å². The fourth-order valence-electron chi connectivity index (χ4n) is 3.04. The molecule has 114 valence electrons. The third-order valence-electron chi connectivity index (χ3n) is 4.38. The molecule has 3 rings (SSSR count). The Morgan fingerprint density at radius 3 is 2.81 bits per heavy atom. The van der Waals surface area contributed by atoms with Crippen molar-refractivity contribution in [2.45, 2.75) is 25.2 Å². The van der Waals surface area contributed by atoms with Crippen LogP contribution in [0.1, 0.15) is 30.9 Å². The number of ether oxygens (including phenoxy) is 2. The van der Waals surface area contributed by atoms with E-state index in [1.807, 2.05) is 0 Å². The molecule has 2 saturated heterocycles. The van der Waals surface area contributed by atoms with Gasteiger partial charge in [-0.05, 0) is 19.3 Å². The van der Waals surface area contributed by atoms with E-state index in [0.717, 1.165) is 57.1 Å². The summed E-state index contributed by atoms with van der Waals surface area (Å²) in [5, 5.41) is 0. The summed E-state index contributed by atoms with van der Waals surface area (Å²) in [5.41, 5.74) is 1.06. The number of anilines is 1. The first kappa shape index (κ1) is 14.3. The average molecular weight is 291 g/mol. The van der Waals surface area contributed by atoms with E-state index in [1.165, 1.54) is 7.11 Å². The minimum atomic E-state index is -0.0962. The van der Waals surface area contributed by atoms with E-state index in [2.05, 4.69) is 20.9 Å². The SMILES string of the molecule is COC(=O)C1CCN(c2cc(C3CCOC3)ncn2)CC1. The molecule has 3 heterocycles. The zero-order valence-corrected chi connectivity index (χ0v) is 12.3. The predicted molar refractivity (Wildman–Crippen MR) is 77.2 cm³/mol. The van der Waals surface area contributed by atoms with Gasteiger partial charge in [-0.15, -0.1) is 0 Å². The minimum absolute atomic E-state index is 0.0239. The number of nitrogens with zero attached hydrogens (tertiary/aromatic N) is 3. The van der Waals surface area contributed by atoms with Crippen LogP contribution in [0.4, 0.5) is 5.82 Å². The number of piperidine rings is 1. The molecule has 0 amide bonds. The van der Waals surface area contributed by atoms with Crippen LogP contribution in [0.2, 0.25) is 0 Å². The van der Waals surface area contributed by atoms with Crippen molar-refractivity contribution in [1.82, 2.24) is 9.97 Å². The quantitative estimate of drug-likeness (QED) is 0.784. The van der Waals surface area contributed by atoms with E-state index in [1.54, 1.807) is 6.33 Å². The second-order valence-electron chi connectivity index (χ2n) is 5.65. The maximum absolute atomic E-state index is 11.6. The molecule has 0 aromatic carbocycles. The Labute approximate surface area is 124 Å². The zero-order chi connectivity index (χ0) is 14.7. The lowest BCUT2D eigenvalue weighted by atomic mass is 9.97. The normalized spacial score (nSPS) is 23.3. The second-order valence-corrected chi connectivity index (χ2v) is 5.65. The Morgan fingerprint density at radius 1 is 1.33 bits per heavy atom. The molecule has 2 aliphatic heterocycles. The predicted octanol–water partition coefficient (Wildman–Crippen LogP) is 1.37. The Balaban J connectivity index is 1.65. The van der Waals surface area contributed by atoms with Gasteiger partial charge in [0.25, 0.3) is 0 Å². The molecular formula is C15H21N3O3. The molecule has 0 spiro atoms. The standard InChI is InChI=1S/C15H21N3O3/c1-20-15(19)11-2-5-18(6-3-11)14-8-13(16-10-17-14)12-4-7-21-9-12/h8,10-12H,2-7,9H2,1H3. The molecule has 2 aliphatic rings. The molecule has 1 aromatic heterocycles. The molecule has 0 bridgehead atoms. The van der Waals surface area contributed by atoms with E-state index >= 15 is 0 Å². The van der Waals surface area contributed by atoms with Crippen LogP contribution in [-0.4, -0.2) is 49.4 Å². The summed E-state index contributed by atoms with van der Waals surface area (Å²) in [7, 11) is 1.45. The van der Waals surface area contributed by atoms with E-state index in [4.69, 9.17) is 9.47 Å². The number of hydrogen-bond acceptors (Lipinski definition) is 6. The highest BCUT2D eigenvalue weighted by molar-refractivity contribution is 5.72. The van der Waals surface area contributed by atoms with Crippen molar-refractivity contribution < 1.29 is 14.3 Å². The van der Waals surface area contributed by atoms with Crippen molar-refractivity contribution in [2.24, 2.45) is 5.92 Å². The third kappa shape index (κ3) is 3.15. The van der Waals surface area contributed by atoms with Crippen LogP contribution in [-0.2, 0) is 14.3 Å². The lowest BCUT2D eigenvalue weighted by Gasteiger charge is -2.31. The van der Waals surface area contributed by atoms with Crippen molar-refractivity contribution >= 4 is 11.8 Å². The average Bonchev–Trinajstić information content (AvgIpc) is 3.09. The number of rotatable bonds is 3. The van der Waals surface area contributed by atoms with Gasteiger partial charge in [0.05, 0.1) is 25.3 Å². The molecule has 1 unspecified atom stereocenters. The van der Waals surface area contributed by atoms with Gasteiger partial charge >= 0.3 is 5.97 Å². The van der Waals surface area contributed by atoms with Crippen LogP contribution in [0.3, 0.4) is 0 Å². The summed E-state index contributed by atoms with van der Waals surface area (Å²) >= 11 is 0. The van der Waals surface area contributed by atoms with Gasteiger partial charge < -0.3 is 14.4 Å². The van der Waals surface area contributed by atoms with Gasteiger partial charge in [0.1, 0.15) is 12.1 Å². The Morgan fingerprint density at radius 2 is 2.14 bits per heavy atom. The fourth-order valence-corrected chi connectivity index (χ4v) is 3.04. The van der Waals surface area contributed by atoms with Gasteiger partial charge in [-0.25, -0.2) is 9.97 Å². The first-order valence-electron chi connectivity index (χ1n) is 7.50. The smallest absolute Gasteiger partial charge is 0.308 e. The molecule has 0 N–H and O–H groups in total. The number of aromatic nitrogens is 2. The van der Waals surface area contributed by atoms with Crippen molar-refractivity contribution in [3.63, 3.8) is 0 Å². The van der Waals surface area contributed by atoms with Crippen molar-refractivity contribution in [1.29, 1.82) is 0 Å². The zero-order valence-electron chi connectivity index (χ0n) is 12.3. The monoisotopic (exact) mass is 291 g/mol. The van der Waals surface area contributed by atoms with Gasteiger partial charge in [-0.1, -0.05) is 0 Å². The molecule has 21 heavy (non-hydrogen) atoms. The lowest BCUT2D eigenvalue weighted by molar-refractivity contribution is -0.146. The molecule has 1 aromatic rings. The molecule has 0 saturated carbocycles. The maximum atomic E-state index is 11.6. The molecule has 0 radical (unpaired) electrons. The highest BCUT2D eigenvalue weighted by atomic mass is 16.5. The molecule has 2 fully saturated rings. The second kappa shape index (κ2) is 6.39. The summed E-state index contributed by atoms with van der Waals surface area (Å²) in [4.78, 5) is 22.5. The number of carbonyl (C=O) groups excluding carboxylic acids is 1. The molecule has 1 atom stereocenters. The first-order chi connectivity index (χ1) is 10.3. The Hall–Kier alpha value is -1.69. The van der Waals surface area contributed by atoms with Gasteiger partial charge in [-0.2, -0.15) is 0 Å². The van der Waals surface area contributed by atoms with Crippen LogP contribution in [0.15, 0.2) is 12.4 Å². The van der Waals surface area contributed by atoms with Gasteiger partial charge in [-0.3, -0.25) is 4.79 Å². The maximum Gasteiger partial charge on any atom is 0.308 e. The van der Waals surface area contributed by atoms with E-state index in [9.17, 15) is 4.79 Å². The highest BCUT2D eigenvalue weighted by Gasteiger charge is 2.27. The highest BCUT2D eigenvalue weighted by Crippen LogP contribution is 2.27. The van der Waals surface area contributed by atoms with Gasteiger partial charge in [0, 0.05) is 31.7 Å². The summed E-state index contributed by atoms with van der Waals surface area (Å²) in [6, 6.07) is 2.07. The van der Waals surface area contributed by atoms with Crippen molar-refractivity contribution in [2.75, 3.05) is 38.3 Å². The van der Waals surface area contributed by atoms with Gasteiger partial charge in [0.2, 0.25) is 0 Å². The lowest BCUT2D eigenvalue weighted by Crippen LogP contribution is -2.37.